The van der Waals surface area contributed by atoms with Crippen LogP contribution < -0.4 is 10.2 Å². The zero-order chi connectivity index (χ0) is 13.7. The molecule has 5 nitrogen and oxygen atoms in total. The molecule has 106 valence electrons. The Bertz CT molecular complexity index is 410. The third-order valence-electron chi connectivity index (χ3n) is 3.61. The maximum atomic E-state index is 5.48. The Labute approximate surface area is 115 Å². The molecule has 2 heterocycles. The third-order valence-corrected chi connectivity index (χ3v) is 3.61. The fraction of sp³-hybridized carbons (Fsp3) is 0.714. The molecule has 1 unspecified atom stereocenters. The molecule has 1 N–H and O–H groups in total. The van der Waals surface area contributed by atoms with Gasteiger partial charge in [-0.2, -0.15) is 0 Å². The number of anilines is 2. The van der Waals surface area contributed by atoms with Crippen molar-refractivity contribution in [2.45, 2.75) is 39.2 Å². The van der Waals surface area contributed by atoms with Gasteiger partial charge in [0.15, 0.2) is 0 Å². The van der Waals surface area contributed by atoms with E-state index in [1.807, 2.05) is 0 Å². The number of rotatable bonds is 5. The van der Waals surface area contributed by atoms with Gasteiger partial charge in [0.1, 0.15) is 18.0 Å². The zero-order valence-corrected chi connectivity index (χ0v) is 12.1. The summed E-state index contributed by atoms with van der Waals surface area (Å²) in [6.07, 6.45) is 5.35. The molecule has 0 radical (unpaired) electrons. The predicted molar refractivity (Wildman–Crippen MR) is 77.8 cm³/mol. The van der Waals surface area contributed by atoms with Gasteiger partial charge in [-0.1, -0.05) is 6.92 Å². The summed E-state index contributed by atoms with van der Waals surface area (Å²) in [6.45, 7) is 7.15. The maximum Gasteiger partial charge on any atom is 0.137 e. The second kappa shape index (κ2) is 6.70. The van der Waals surface area contributed by atoms with Gasteiger partial charge in [0.25, 0.3) is 0 Å². The number of methoxy groups -OCH3 is 1. The summed E-state index contributed by atoms with van der Waals surface area (Å²) < 4.78 is 5.48. The number of piperidine rings is 1. The van der Waals surface area contributed by atoms with Crippen LogP contribution in [0.25, 0.3) is 0 Å². The van der Waals surface area contributed by atoms with Crippen molar-refractivity contribution in [3.05, 3.63) is 11.9 Å². The van der Waals surface area contributed by atoms with Gasteiger partial charge in [-0.3, -0.25) is 0 Å². The van der Waals surface area contributed by atoms with Crippen molar-refractivity contribution < 1.29 is 4.74 Å². The molecule has 1 aromatic rings. The zero-order valence-electron chi connectivity index (χ0n) is 12.1. The van der Waals surface area contributed by atoms with Gasteiger partial charge in [0.05, 0.1) is 6.10 Å². The first-order valence-electron chi connectivity index (χ1n) is 7.09. The molecular formula is C14H24N4O. The number of hydrogen-bond donors (Lipinski definition) is 1. The minimum Gasteiger partial charge on any atom is -0.380 e. The number of ether oxygens (including phenoxy) is 1. The predicted octanol–water partition coefficient (Wildman–Crippen LogP) is 2.22. The van der Waals surface area contributed by atoms with Crippen LogP contribution in [0.15, 0.2) is 6.33 Å². The van der Waals surface area contributed by atoms with Gasteiger partial charge >= 0.3 is 0 Å². The fourth-order valence-corrected chi connectivity index (χ4v) is 2.50. The van der Waals surface area contributed by atoms with Crippen molar-refractivity contribution in [1.29, 1.82) is 0 Å². The van der Waals surface area contributed by atoms with Crippen LogP contribution in [0.5, 0.6) is 0 Å². The van der Waals surface area contributed by atoms with Crippen LogP contribution in [0, 0.1) is 6.92 Å². The summed E-state index contributed by atoms with van der Waals surface area (Å²) in [7, 11) is 1.79. The Balaban J connectivity index is 2.14. The minimum atomic E-state index is 0.315. The molecule has 0 aromatic carbocycles. The molecule has 0 spiro atoms. The summed E-state index contributed by atoms with van der Waals surface area (Å²) >= 11 is 0. The Morgan fingerprint density at radius 2 is 2.32 bits per heavy atom. The van der Waals surface area contributed by atoms with Crippen LogP contribution in [0.3, 0.4) is 0 Å². The van der Waals surface area contributed by atoms with E-state index in [9.17, 15) is 0 Å². The van der Waals surface area contributed by atoms with E-state index in [1.54, 1.807) is 13.4 Å². The first-order chi connectivity index (χ1) is 9.26. The lowest BCUT2D eigenvalue weighted by molar-refractivity contribution is 0.0891. The molecule has 1 atom stereocenters. The van der Waals surface area contributed by atoms with Crippen LogP contribution in [-0.4, -0.2) is 42.8 Å². The van der Waals surface area contributed by atoms with E-state index in [0.717, 1.165) is 56.1 Å². The van der Waals surface area contributed by atoms with E-state index in [1.165, 1.54) is 0 Å². The number of nitrogens with one attached hydrogen (secondary N) is 1. The maximum absolute atomic E-state index is 5.48. The largest absolute Gasteiger partial charge is 0.380 e. The molecule has 1 fully saturated rings. The van der Waals surface area contributed by atoms with Crippen LogP contribution in [0.1, 0.15) is 31.7 Å². The fourth-order valence-electron chi connectivity index (χ4n) is 2.50. The molecule has 1 saturated heterocycles. The first-order valence-corrected chi connectivity index (χ1v) is 7.09. The molecule has 1 aliphatic rings. The highest BCUT2D eigenvalue weighted by Gasteiger charge is 2.22. The lowest BCUT2D eigenvalue weighted by Gasteiger charge is -2.33. The summed E-state index contributed by atoms with van der Waals surface area (Å²) in [5.74, 6) is 1.99. The van der Waals surface area contributed by atoms with Crippen LogP contribution in [0.4, 0.5) is 11.6 Å². The quantitative estimate of drug-likeness (QED) is 0.883. The van der Waals surface area contributed by atoms with Crippen LogP contribution in [-0.2, 0) is 4.74 Å². The van der Waals surface area contributed by atoms with Crippen LogP contribution >= 0.6 is 0 Å². The van der Waals surface area contributed by atoms with Crippen LogP contribution in [0.2, 0.25) is 0 Å². The Morgan fingerprint density at radius 1 is 1.47 bits per heavy atom. The van der Waals surface area contributed by atoms with E-state index in [0.29, 0.717) is 6.10 Å². The highest BCUT2D eigenvalue weighted by molar-refractivity contribution is 5.58. The Hall–Kier alpha value is -1.36. The van der Waals surface area contributed by atoms with Crippen molar-refractivity contribution >= 4 is 11.6 Å². The Morgan fingerprint density at radius 3 is 3.05 bits per heavy atom. The van der Waals surface area contributed by atoms with Crippen molar-refractivity contribution in [3.8, 4) is 0 Å². The summed E-state index contributed by atoms with van der Waals surface area (Å²) in [5, 5.41) is 3.36. The molecule has 1 aromatic heterocycles. The third kappa shape index (κ3) is 3.35. The van der Waals surface area contributed by atoms with E-state index in [4.69, 9.17) is 4.74 Å². The second-order valence-corrected chi connectivity index (χ2v) is 5.04. The highest BCUT2D eigenvalue weighted by atomic mass is 16.5. The van der Waals surface area contributed by atoms with Crippen molar-refractivity contribution in [1.82, 2.24) is 9.97 Å². The van der Waals surface area contributed by atoms with Gasteiger partial charge in [-0.05, 0) is 26.2 Å². The molecule has 2 rings (SSSR count). The monoisotopic (exact) mass is 264 g/mol. The summed E-state index contributed by atoms with van der Waals surface area (Å²) in [6, 6.07) is 0. The molecule has 0 aliphatic carbocycles. The van der Waals surface area contributed by atoms with Crippen molar-refractivity contribution in [2.75, 3.05) is 37.0 Å². The summed E-state index contributed by atoms with van der Waals surface area (Å²) in [4.78, 5) is 11.1. The lowest BCUT2D eigenvalue weighted by atomic mass is 10.1. The normalized spacial score (nSPS) is 19.5. The van der Waals surface area contributed by atoms with E-state index >= 15 is 0 Å². The molecule has 0 amide bonds. The van der Waals surface area contributed by atoms with Gasteiger partial charge in [0, 0.05) is 32.3 Å². The van der Waals surface area contributed by atoms with Crippen molar-refractivity contribution in [2.24, 2.45) is 0 Å². The average molecular weight is 264 g/mol. The number of aromatic nitrogens is 2. The molecular weight excluding hydrogens is 240 g/mol. The molecule has 0 saturated carbocycles. The minimum absolute atomic E-state index is 0.315. The van der Waals surface area contributed by atoms with Gasteiger partial charge < -0.3 is 15.0 Å². The first kappa shape index (κ1) is 14.1. The molecule has 1 aliphatic heterocycles. The molecule has 19 heavy (non-hydrogen) atoms. The SMILES string of the molecule is CCCNc1ncnc(N2CCCC(OC)C2)c1C. The smallest absolute Gasteiger partial charge is 0.137 e. The number of hydrogen-bond acceptors (Lipinski definition) is 5. The van der Waals surface area contributed by atoms with Crippen molar-refractivity contribution in [3.63, 3.8) is 0 Å². The van der Waals surface area contributed by atoms with Gasteiger partial charge in [-0.15, -0.1) is 0 Å². The average Bonchev–Trinajstić information content (AvgIpc) is 2.46. The standard InChI is InChI=1S/C14H24N4O/c1-4-7-15-13-11(2)14(17-10-16-13)18-8-5-6-12(9-18)19-3/h10,12H,4-9H2,1-3H3,(H,15,16,17). The second-order valence-electron chi connectivity index (χ2n) is 5.04. The number of nitrogens with zero attached hydrogens (tertiary/aromatic N) is 3. The van der Waals surface area contributed by atoms with E-state index in [-0.39, 0.29) is 0 Å². The lowest BCUT2D eigenvalue weighted by Crippen LogP contribution is -2.40. The van der Waals surface area contributed by atoms with E-state index in [2.05, 4.69) is 34.0 Å². The van der Waals surface area contributed by atoms with Gasteiger partial charge in [0.2, 0.25) is 0 Å². The van der Waals surface area contributed by atoms with E-state index < -0.39 is 0 Å². The molecule has 5 heteroatoms. The Kier molecular flexibility index (Phi) is 4.96. The highest BCUT2D eigenvalue weighted by Crippen LogP contribution is 2.25. The summed E-state index contributed by atoms with van der Waals surface area (Å²) in [5.41, 5.74) is 1.13. The molecule has 0 bridgehead atoms. The van der Waals surface area contributed by atoms with Gasteiger partial charge in [-0.25, -0.2) is 9.97 Å². The topological polar surface area (TPSA) is 50.3 Å².